The minimum atomic E-state index is -7.45. The fourth-order valence-electron chi connectivity index (χ4n) is 1.21. The van der Waals surface area contributed by atoms with Crippen LogP contribution in [0.2, 0.25) is 0 Å². The lowest BCUT2D eigenvalue weighted by Gasteiger charge is -2.43. The Kier molecular flexibility index (Phi) is 4.89. The molecule has 0 aliphatic rings. The molecule has 0 unspecified atom stereocenters. The zero-order valence-corrected chi connectivity index (χ0v) is 11.1. The van der Waals surface area contributed by atoms with E-state index in [1.54, 1.807) is 0 Å². The van der Waals surface area contributed by atoms with Crippen LogP contribution in [0.25, 0.3) is 0 Å². The summed E-state index contributed by atoms with van der Waals surface area (Å²) in [5.74, 6) is -34.8. The third kappa shape index (κ3) is 2.51. The summed E-state index contributed by atoms with van der Waals surface area (Å²) in [6.07, 6.45) is -5.48. The largest absolute Gasteiger partial charge is 0.384 e. The van der Waals surface area contributed by atoms with Crippen LogP contribution in [0.15, 0.2) is 0 Å². The van der Waals surface area contributed by atoms with E-state index < -0.39 is 41.5 Å². The van der Waals surface area contributed by atoms with Crippen LogP contribution in [-0.4, -0.2) is 36.0 Å². The molecule has 0 aromatic heterocycles. The van der Waals surface area contributed by atoms with Gasteiger partial charge in [0.2, 0.25) is 0 Å². The molecule has 0 atom stereocenters. The second kappa shape index (κ2) is 5.08. The average Bonchev–Trinajstić information content (AvgIpc) is 2.25. The first-order valence-corrected chi connectivity index (χ1v) is 5.36. The summed E-state index contributed by atoms with van der Waals surface area (Å²) in [6, 6.07) is 0. The Morgan fingerprint density at radius 2 is 0.773 bits per heavy atom. The molecule has 0 aromatic rings. The van der Waals surface area contributed by atoms with Crippen LogP contribution in [-0.2, 0) is 0 Å². The molecule has 0 spiro atoms. The van der Waals surface area contributed by atoms with E-state index in [1.165, 1.54) is 0 Å². The molecule has 0 radical (unpaired) electrons. The molecule has 0 N–H and O–H groups in total. The first kappa shape index (κ1) is 21.2. The van der Waals surface area contributed by atoms with Gasteiger partial charge in [-0.2, -0.15) is 43.9 Å². The highest BCUT2D eigenvalue weighted by atomic mass is 19.4. The highest BCUT2D eigenvalue weighted by Crippen LogP contribution is 2.61. The lowest BCUT2D eigenvalue weighted by atomic mass is 9.80. The average molecular weight is 358 g/mol. The van der Waals surface area contributed by atoms with E-state index in [9.17, 15) is 52.7 Å². The van der Waals surface area contributed by atoms with Gasteiger partial charge in [0.05, 0.1) is 0 Å². The number of alkyl halides is 12. The fourth-order valence-corrected chi connectivity index (χ4v) is 1.21. The van der Waals surface area contributed by atoms with Crippen LogP contribution in [0, 0.1) is 5.41 Å². The van der Waals surface area contributed by atoms with Crippen molar-refractivity contribution >= 4 is 0 Å². The zero-order chi connectivity index (χ0) is 18.6. The number of hydrogen-bond acceptors (Lipinski definition) is 0. The molecule has 0 saturated heterocycles. The van der Waals surface area contributed by atoms with Gasteiger partial charge in [-0.15, -0.1) is 0 Å². The number of rotatable bonds is 5. The minimum Gasteiger partial charge on any atom is -0.203 e. The van der Waals surface area contributed by atoms with Crippen LogP contribution in [0.1, 0.15) is 20.8 Å². The van der Waals surface area contributed by atoms with Crippen LogP contribution in [0.3, 0.4) is 0 Å². The summed E-state index contributed by atoms with van der Waals surface area (Å²) in [6.45, 7) is 0.751. The second-order valence-electron chi connectivity index (χ2n) is 5.47. The van der Waals surface area contributed by atoms with Crippen molar-refractivity contribution in [3.8, 4) is 0 Å². The van der Waals surface area contributed by atoms with Crippen molar-refractivity contribution in [1.29, 1.82) is 0 Å². The Hall–Kier alpha value is -0.840. The van der Waals surface area contributed by atoms with Crippen LogP contribution in [0.5, 0.6) is 0 Å². The molecule has 0 nitrogen and oxygen atoms in total. The maximum absolute atomic E-state index is 13.3. The molecule has 12 heteroatoms. The Morgan fingerprint density at radius 3 is 1.00 bits per heavy atom. The molecule has 0 amide bonds. The van der Waals surface area contributed by atoms with E-state index in [2.05, 4.69) is 0 Å². The Bertz CT molecular complexity index is 403. The van der Waals surface area contributed by atoms with Gasteiger partial charge >= 0.3 is 36.0 Å². The SMILES string of the molecule is CC(C)(C)C(F)(F)C(F)(F)C(F)(F)C(F)(F)C(F)(F)C(F)F. The van der Waals surface area contributed by atoms with E-state index in [0.717, 1.165) is 0 Å². The van der Waals surface area contributed by atoms with Crippen LogP contribution in [0.4, 0.5) is 52.7 Å². The van der Waals surface area contributed by atoms with E-state index in [0.29, 0.717) is 0 Å². The van der Waals surface area contributed by atoms with Gasteiger partial charge in [-0.05, 0) is 0 Å². The van der Waals surface area contributed by atoms with Gasteiger partial charge in [-0.1, -0.05) is 20.8 Å². The molecular formula is C10H10F12. The molecule has 0 rings (SSSR count). The smallest absolute Gasteiger partial charge is 0.203 e. The van der Waals surface area contributed by atoms with Crippen molar-refractivity contribution < 1.29 is 52.7 Å². The Balaban J connectivity index is 6.24. The van der Waals surface area contributed by atoms with Gasteiger partial charge in [0, 0.05) is 5.41 Å². The van der Waals surface area contributed by atoms with Crippen molar-refractivity contribution in [2.45, 2.75) is 56.8 Å². The summed E-state index contributed by atoms with van der Waals surface area (Å²) in [4.78, 5) is 0. The fraction of sp³-hybridized carbons (Fsp3) is 1.00. The van der Waals surface area contributed by atoms with Crippen LogP contribution >= 0.6 is 0 Å². The van der Waals surface area contributed by atoms with Crippen molar-refractivity contribution in [3.63, 3.8) is 0 Å². The lowest BCUT2D eigenvalue weighted by Crippen LogP contribution is -2.70. The quantitative estimate of drug-likeness (QED) is 0.572. The summed E-state index contributed by atoms with van der Waals surface area (Å²) >= 11 is 0. The molecule has 0 saturated carbocycles. The molecule has 134 valence electrons. The molecule has 0 aliphatic heterocycles. The summed E-state index contributed by atoms with van der Waals surface area (Å²) in [5.41, 5.74) is -3.06. The summed E-state index contributed by atoms with van der Waals surface area (Å²) < 4.78 is 153. The highest BCUT2D eigenvalue weighted by molar-refractivity contribution is 5.11. The molecule has 22 heavy (non-hydrogen) atoms. The molecule has 0 aromatic carbocycles. The maximum atomic E-state index is 13.3. The predicted octanol–water partition coefficient (Wildman–Crippen LogP) is 5.47. The number of hydrogen-bond donors (Lipinski definition) is 0. The maximum Gasteiger partial charge on any atom is 0.384 e. The summed E-state index contributed by atoms with van der Waals surface area (Å²) in [5, 5.41) is 0. The third-order valence-corrected chi connectivity index (χ3v) is 2.82. The van der Waals surface area contributed by atoms with E-state index in [1.807, 2.05) is 0 Å². The third-order valence-electron chi connectivity index (χ3n) is 2.82. The van der Waals surface area contributed by atoms with Gasteiger partial charge in [0.15, 0.2) is 0 Å². The molecular weight excluding hydrogens is 348 g/mol. The van der Waals surface area contributed by atoms with Crippen molar-refractivity contribution in [1.82, 2.24) is 0 Å². The first-order chi connectivity index (χ1) is 9.19. The van der Waals surface area contributed by atoms with Crippen molar-refractivity contribution in [2.75, 3.05) is 0 Å². The van der Waals surface area contributed by atoms with Gasteiger partial charge in [0.1, 0.15) is 0 Å². The van der Waals surface area contributed by atoms with E-state index >= 15 is 0 Å². The Morgan fingerprint density at radius 1 is 0.500 bits per heavy atom. The zero-order valence-electron chi connectivity index (χ0n) is 11.1. The molecule has 0 fully saturated rings. The lowest BCUT2D eigenvalue weighted by molar-refractivity contribution is -0.422. The monoisotopic (exact) mass is 358 g/mol. The van der Waals surface area contributed by atoms with E-state index in [-0.39, 0.29) is 20.8 Å². The van der Waals surface area contributed by atoms with Gasteiger partial charge in [0.25, 0.3) is 0 Å². The molecule has 0 heterocycles. The topological polar surface area (TPSA) is 0 Å². The van der Waals surface area contributed by atoms with Crippen molar-refractivity contribution in [2.24, 2.45) is 5.41 Å². The van der Waals surface area contributed by atoms with Gasteiger partial charge < -0.3 is 0 Å². The number of halogens is 12. The van der Waals surface area contributed by atoms with Crippen molar-refractivity contribution in [3.05, 3.63) is 0 Å². The predicted molar refractivity (Wildman–Crippen MR) is 50.2 cm³/mol. The second-order valence-corrected chi connectivity index (χ2v) is 5.47. The standard InChI is InChI=1S/C10H10F12/c1-5(2,3)7(15,16)9(19,20)10(21,22)8(17,18)6(13,14)4(11)12/h4H,1-3H3. The highest BCUT2D eigenvalue weighted by Gasteiger charge is 2.88. The Labute approximate surface area is 116 Å². The van der Waals surface area contributed by atoms with Gasteiger partial charge in [-0.3, -0.25) is 0 Å². The summed E-state index contributed by atoms with van der Waals surface area (Å²) in [7, 11) is 0. The van der Waals surface area contributed by atoms with Gasteiger partial charge in [-0.25, -0.2) is 8.78 Å². The first-order valence-electron chi connectivity index (χ1n) is 5.36. The molecule has 0 aliphatic carbocycles. The molecule has 0 bridgehead atoms. The van der Waals surface area contributed by atoms with Crippen LogP contribution < -0.4 is 0 Å². The van der Waals surface area contributed by atoms with E-state index in [4.69, 9.17) is 0 Å². The minimum absolute atomic E-state index is 0.250. The normalized spacial score (nSPS) is 16.4.